The zero-order valence-corrected chi connectivity index (χ0v) is 30.7. The molecular weight excluding hydrogens is 729 g/mol. The zero-order valence-electron chi connectivity index (χ0n) is 28.3. The lowest BCUT2D eigenvalue weighted by Gasteiger charge is -2.17. The molecule has 0 aliphatic carbocycles. The summed E-state index contributed by atoms with van der Waals surface area (Å²) in [6, 6.07) is 23.0. The molecule has 0 spiro atoms. The molecule has 0 bridgehead atoms. The molecule has 3 heterocycles. The van der Waals surface area contributed by atoms with Gasteiger partial charge in [0.05, 0.1) is 0 Å². The van der Waals surface area contributed by atoms with Crippen LogP contribution in [0.5, 0.6) is 5.75 Å². The van der Waals surface area contributed by atoms with Crippen LogP contribution in [-0.2, 0) is 36.7 Å². The fourth-order valence-electron chi connectivity index (χ4n) is 6.12. The van der Waals surface area contributed by atoms with Gasteiger partial charge in [0.1, 0.15) is 17.9 Å². The minimum absolute atomic E-state index is 0.0504. The number of sulfonamides is 3. The fourth-order valence-corrected chi connectivity index (χ4v) is 9.09. The number of hydrogen-bond donors (Lipinski definition) is 2. The molecule has 0 saturated carbocycles. The van der Waals surface area contributed by atoms with E-state index >= 15 is 0 Å². The van der Waals surface area contributed by atoms with Gasteiger partial charge in [-0.3, -0.25) is 4.79 Å². The Kier molecular flexibility index (Phi) is 11.3. The van der Waals surface area contributed by atoms with Gasteiger partial charge in [-0.1, -0.05) is 43.0 Å². The van der Waals surface area contributed by atoms with E-state index in [0.29, 0.717) is 60.4 Å². The molecule has 6 rings (SSSR count). The molecule has 2 unspecified atom stereocenters. The monoisotopic (exact) mass is 768 g/mol. The summed E-state index contributed by atoms with van der Waals surface area (Å²) >= 11 is 0. The molecule has 16 heteroatoms. The number of furan rings is 1. The third-order valence-electron chi connectivity index (χ3n) is 9.09. The molecule has 13 nitrogen and oxygen atoms in total. The number of rotatable bonds is 15. The summed E-state index contributed by atoms with van der Waals surface area (Å²) in [5.41, 5.74) is 2.42. The summed E-state index contributed by atoms with van der Waals surface area (Å²) in [6.45, 7) is 5.23. The fraction of sp³-hybridized carbons (Fsp3) is 0.306. The number of carbonyl (C=O) groups excluding carboxylic acids is 1. The van der Waals surface area contributed by atoms with Gasteiger partial charge in [-0.2, -0.15) is 4.31 Å². The van der Waals surface area contributed by atoms with Crippen LogP contribution in [0.1, 0.15) is 34.3 Å². The third-order valence-corrected chi connectivity index (χ3v) is 12.9. The molecule has 2 atom stereocenters. The molecule has 1 aromatic heterocycles. The first-order chi connectivity index (χ1) is 24.8. The number of fused-ring (bicyclic) bond motifs is 1. The molecule has 52 heavy (non-hydrogen) atoms. The van der Waals surface area contributed by atoms with Crippen LogP contribution in [-0.4, -0.2) is 79.6 Å². The molecule has 2 aliphatic rings. The van der Waals surface area contributed by atoms with Crippen molar-refractivity contribution in [1.82, 2.24) is 18.6 Å². The van der Waals surface area contributed by atoms with E-state index in [2.05, 4.69) is 16.0 Å². The molecule has 2 saturated heterocycles. The highest BCUT2D eigenvalue weighted by Gasteiger charge is 2.35. The number of benzene rings is 3. The molecule has 276 valence electrons. The van der Waals surface area contributed by atoms with Crippen molar-refractivity contribution in [3.05, 3.63) is 113 Å². The molecule has 2 aliphatic heterocycles. The topological polar surface area (TPSA) is 172 Å². The first-order valence-electron chi connectivity index (χ1n) is 16.7. The number of carbonyl (C=O) groups is 1. The van der Waals surface area contributed by atoms with E-state index in [1.165, 1.54) is 16.4 Å². The summed E-state index contributed by atoms with van der Waals surface area (Å²) in [6.07, 6.45) is 2.55. The Labute approximate surface area is 304 Å². The van der Waals surface area contributed by atoms with Gasteiger partial charge in [0.2, 0.25) is 25.1 Å². The van der Waals surface area contributed by atoms with Crippen LogP contribution in [0.2, 0.25) is 0 Å². The maximum atomic E-state index is 13.3. The maximum Gasteiger partial charge on any atom is 0.276 e. The number of hydrogen-bond acceptors (Lipinski definition) is 9. The van der Waals surface area contributed by atoms with Crippen molar-refractivity contribution in [2.24, 2.45) is 11.8 Å². The predicted octanol–water partition coefficient (Wildman–Crippen LogP) is 4.14. The zero-order chi connectivity index (χ0) is 36.9. The van der Waals surface area contributed by atoms with Crippen molar-refractivity contribution in [3.8, 4) is 5.75 Å². The Hall–Kier alpha value is -4.32. The molecule has 1 amide bonds. The number of likely N-dealkylation sites (tertiary alicyclic amines) is 1. The first kappa shape index (κ1) is 37.4. The van der Waals surface area contributed by atoms with Crippen LogP contribution in [0.3, 0.4) is 0 Å². The average Bonchev–Trinajstić information content (AvgIpc) is 3.93. The number of nitrogens with zero attached hydrogens (tertiary/aromatic N) is 2. The minimum atomic E-state index is -3.98. The van der Waals surface area contributed by atoms with Gasteiger partial charge in [-0.15, -0.1) is 0 Å². The van der Waals surface area contributed by atoms with Crippen LogP contribution in [0.25, 0.3) is 17.0 Å². The van der Waals surface area contributed by atoms with Gasteiger partial charge in [-0.05, 0) is 78.3 Å². The van der Waals surface area contributed by atoms with E-state index in [-0.39, 0.29) is 49.0 Å². The quantitative estimate of drug-likeness (QED) is 0.180. The van der Waals surface area contributed by atoms with E-state index in [0.717, 1.165) is 16.4 Å². The first-order valence-corrected chi connectivity index (χ1v) is 21.2. The highest BCUT2D eigenvalue weighted by atomic mass is 32.2. The smallest absolute Gasteiger partial charge is 0.276 e. The van der Waals surface area contributed by atoms with Gasteiger partial charge in [-0.25, -0.2) is 34.7 Å². The third kappa shape index (κ3) is 9.36. The van der Waals surface area contributed by atoms with E-state index in [1.54, 1.807) is 47.4 Å². The summed E-state index contributed by atoms with van der Waals surface area (Å²) in [4.78, 5) is 14.8. The van der Waals surface area contributed by atoms with Gasteiger partial charge in [0.25, 0.3) is 15.9 Å². The van der Waals surface area contributed by atoms with Crippen molar-refractivity contribution in [3.63, 3.8) is 0 Å². The second-order valence-corrected chi connectivity index (χ2v) is 18.1. The van der Waals surface area contributed by atoms with Gasteiger partial charge in [0, 0.05) is 67.1 Å². The van der Waals surface area contributed by atoms with Crippen molar-refractivity contribution in [2.45, 2.75) is 24.5 Å². The lowest BCUT2D eigenvalue weighted by atomic mass is 10.1. The summed E-state index contributed by atoms with van der Waals surface area (Å²) < 4.78 is 93.3. The van der Waals surface area contributed by atoms with Crippen LogP contribution >= 0.6 is 0 Å². The second-order valence-electron chi connectivity index (χ2n) is 12.8. The Morgan fingerprint density at radius 3 is 2.27 bits per heavy atom. The van der Waals surface area contributed by atoms with Crippen molar-refractivity contribution in [1.29, 1.82) is 0 Å². The molecule has 2 N–H and O–H groups in total. The Balaban J connectivity index is 0.987. The Morgan fingerprint density at radius 1 is 0.846 bits per heavy atom. The molecular formula is C36H40N4O9S3. The summed E-state index contributed by atoms with van der Waals surface area (Å²) in [7, 11) is -11.4. The summed E-state index contributed by atoms with van der Waals surface area (Å²) in [5.74, 6) is 0.286. The van der Waals surface area contributed by atoms with Crippen molar-refractivity contribution < 1.29 is 39.2 Å². The maximum absolute atomic E-state index is 13.3. The molecule has 3 aromatic carbocycles. The minimum Gasteiger partial charge on any atom is -0.489 e. The predicted molar refractivity (Wildman–Crippen MR) is 197 cm³/mol. The van der Waals surface area contributed by atoms with Crippen LogP contribution in [0.4, 0.5) is 0 Å². The lowest BCUT2D eigenvalue weighted by Crippen LogP contribution is -2.32. The Bertz CT molecular complexity index is 2270. The van der Waals surface area contributed by atoms with Gasteiger partial charge >= 0.3 is 0 Å². The molecule has 2 fully saturated rings. The van der Waals surface area contributed by atoms with E-state index in [1.807, 2.05) is 30.3 Å². The van der Waals surface area contributed by atoms with E-state index in [9.17, 15) is 30.0 Å². The van der Waals surface area contributed by atoms with Gasteiger partial charge < -0.3 is 14.1 Å². The van der Waals surface area contributed by atoms with Crippen molar-refractivity contribution >= 4 is 53.0 Å². The largest absolute Gasteiger partial charge is 0.489 e. The van der Waals surface area contributed by atoms with Gasteiger partial charge in [0.15, 0.2) is 0 Å². The van der Waals surface area contributed by atoms with Crippen LogP contribution in [0.15, 0.2) is 106 Å². The SMILES string of the molecule is C=CS(=O)(=O)NCC1CCN(S(=O)(=O)c2cc3cc(/C=C/S(=O)(=O)NCC4CCN(C(=O)c5ccc(OCc6ccccc6)cc5)C4)ccc3o2)C1. The van der Waals surface area contributed by atoms with E-state index in [4.69, 9.17) is 9.15 Å². The van der Waals surface area contributed by atoms with Crippen LogP contribution < -0.4 is 14.2 Å². The highest BCUT2D eigenvalue weighted by Crippen LogP contribution is 2.30. The molecule has 0 radical (unpaired) electrons. The average molecular weight is 769 g/mol. The normalized spacial score (nSPS) is 18.7. The lowest BCUT2D eigenvalue weighted by molar-refractivity contribution is 0.0787. The number of ether oxygens (including phenoxy) is 1. The van der Waals surface area contributed by atoms with Crippen molar-refractivity contribution in [2.75, 3.05) is 39.3 Å². The van der Waals surface area contributed by atoms with E-state index < -0.39 is 30.1 Å². The highest BCUT2D eigenvalue weighted by molar-refractivity contribution is 7.92. The summed E-state index contributed by atoms with van der Waals surface area (Å²) in [5, 5.41) is 2.08. The second kappa shape index (κ2) is 15.7. The molecule has 4 aromatic rings. The number of amides is 1. The van der Waals surface area contributed by atoms with Crippen LogP contribution in [0, 0.1) is 11.8 Å². The Morgan fingerprint density at radius 2 is 1.54 bits per heavy atom. The number of nitrogens with one attached hydrogen (secondary N) is 2. The standard InChI is InChI=1S/C36H40N4O9S3/c1-2-50(42,43)37-23-30-15-18-40(25-30)52(46,47)35-21-32-20-27(8-13-34(32)49-35)16-19-51(44,45)38-22-29-14-17-39(24-29)36(41)31-9-11-33(12-10-31)48-26-28-6-4-3-5-7-28/h2-13,16,19-21,29-30,37-38H,1,14-15,17-18,22-26H2/b19-16+.